The van der Waals surface area contributed by atoms with Gasteiger partial charge in [-0.05, 0) is 75.4 Å². The number of nitrogens with zero attached hydrogens (tertiary/aromatic N) is 18. The lowest BCUT2D eigenvalue weighted by atomic mass is 10.1. The number of carbonyl (C=O) groups excluding carboxylic acids is 4. The third-order valence-corrected chi connectivity index (χ3v) is 16.8. The van der Waals surface area contributed by atoms with Gasteiger partial charge >= 0.3 is 0 Å². The van der Waals surface area contributed by atoms with Gasteiger partial charge in [0.2, 0.25) is 0 Å². The van der Waals surface area contributed by atoms with Crippen LogP contribution in [0.4, 0.5) is 65.1 Å². The molecule has 0 aliphatic heterocycles. The number of halogens is 3. The van der Waals surface area contributed by atoms with E-state index in [1.807, 2.05) is 0 Å². The highest BCUT2D eigenvalue weighted by Gasteiger charge is 2.41. The van der Waals surface area contributed by atoms with Gasteiger partial charge in [-0.2, -0.15) is 28.8 Å². The van der Waals surface area contributed by atoms with E-state index in [2.05, 4.69) is 103 Å². The number of rotatable bonds is 20. The lowest BCUT2D eigenvalue weighted by Gasteiger charge is -2.17. The van der Waals surface area contributed by atoms with Crippen LogP contribution < -0.4 is 64.5 Å². The molecule has 0 bridgehead atoms. The molecular formula is C68H68F3N27O8. The normalized spacial score (nSPS) is 16.8. The zero-order valence-electron chi connectivity index (χ0n) is 57.8. The molecule has 6 atom stereocenters. The lowest BCUT2D eigenvalue weighted by molar-refractivity contribution is 0.0737. The Morgan fingerprint density at radius 1 is 0.500 bits per heavy atom. The van der Waals surface area contributed by atoms with E-state index in [-0.39, 0.29) is 91.5 Å². The predicted molar refractivity (Wildman–Crippen MR) is 383 cm³/mol. The number of fused-ring (bicyclic) bond motifs is 3. The Morgan fingerprint density at radius 2 is 0.887 bits per heavy atom. The summed E-state index contributed by atoms with van der Waals surface area (Å²) in [5.74, 6) is 2.30. The zero-order chi connectivity index (χ0) is 75.0. The van der Waals surface area contributed by atoms with Crippen molar-refractivity contribution in [2.75, 3.05) is 67.1 Å². The molecule has 3 aliphatic rings. The van der Waals surface area contributed by atoms with Crippen molar-refractivity contribution in [1.82, 2.24) is 103 Å². The number of hydrogen-bond donors (Lipinski definition) is 10. The molecule has 12 aromatic rings. The minimum Gasteiger partial charge on any atom is -0.384 e. The van der Waals surface area contributed by atoms with Gasteiger partial charge in [0.15, 0.2) is 22.8 Å². The second kappa shape index (κ2) is 29.1. The number of nitrogens with one attached hydrogen (secondary N) is 9. The summed E-state index contributed by atoms with van der Waals surface area (Å²) in [5.41, 5.74) is 0.204. The van der Waals surface area contributed by atoms with Crippen LogP contribution in [0.5, 0.6) is 0 Å². The maximum absolute atomic E-state index is 13.3. The molecule has 12 aromatic heterocycles. The largest absolute Gasteiger partial charge is 0.384 e. The van der Waals surface area contributed by atoms with Crippen molar-refractivity contribution in [3.63, 3.8) is 0 Å². The highest BCUT2D eigenvalue weighted by Crippen LogP contribution is 2.31. The molecule has 544 valence electrons. The minimum absolute atomic E-state index is 0.151. The average molecular weight is 1450 g/mol. The maximum Gasteiger partial charge on any atom is 0.280 e. The summed E-state index contributed by atoms with van der Waals surface area (Å²) >= 11 is 0. The van der Waals surface area contributed by atoms with Gasteiger partial charge in [0, 0.05) is 97.5 Å². The second-order valence-corrected chi connectivity index (χ2v) is 25.2. The van der Waals surface area contributed by atoms with Crippen molar-refractivity contribution >= 4 is 92.5 Å². The highest BCUT2D eigenvalue weighted by molar-refractivity contribution is 6.02. The van der Waals surface area contributed by atoms with E-state index >= 15 is 0 Å². The Bertz CT molecular complexity index is 5600. The maximum atomic E-state index is 13.3. The third kappa shape index (κ3) is 15.0. The molecular weight excluding hydrogens is 1380 g/mol. The molecule has 0 radical (unpaired) electrons. The van der Waals surface area contributed by atoms with Gasteiger partial charge in [-0.15, -0.1) is 0 Å². The van der Waals surface area contributed by atoms with E-state index in [0.29, 0.717) is 65.1 Å². The van der Waals surface area contributed by atoms with Crippen molar-refractivity contribution in [2.45, 2.75) is 82.3 Å². The highest BCUT2D eigenvalue weighted by atomic mass is 19.1. The van der Waals surface area contributed by atoms with Crippen LogP contribution in [-0.2, 0) is 5.60 Å². The average Bonchev–Trinajstić information content (AvgIpc) is 1.71. The lowest BCUT2D eigenvalue weighted by Crippen LogP contribution is -2.27. The number of aryl methyl sites for hydroxylation is 1. The molecule has 15 rings (SSSR count). The Kier molecular flexibility index (Phi) is 19.4. The Labute approximate surface area is 597 Å². The summed E-state index contributed by atoms with van der Waals surface area (Å²) in [5, 5.41) is 48.8. The van der Waals surface area contributed by atoms with Gasteiger partial charge in [-0.25, -0.2) is 53.0 Å². The van der Waals surface area contributed by atoms with Crippen LogP contribution in [0.25, 0.3) is 34.4 Å². The Morgan fingerprint density at radius 3 is 1.23 bits per heavy atom. The van der Waals surface area contributed by atoms with Gasteiger partial charge in [-0.1, -0.05) is 6.07 Å². The SMILES string of the molecule is CNc1cc(Nc2cccn(-c3cccc(C(C)(C)O)n3)c2=O)nc2c(C(=O)N[C@H]3C[C@H]3F)cnn12.CNc1cc(Nc2cccn(-c3ccnc(C)n3)c2=O)nc2c(C(=O)N[C@H]3C[C@H]3F)cnn12.CNc1cc(Nc2cccn(-c3cnc(C(=O)N(C)C)cn3)c2=O)nc2c(C(=O)N[C@H]3C[C@H]3F)cnn12. The molecule has 3 saturated carbocycles. The van der Waals surface area contributed by atoms with Crippen LogP contribution in [0.3, 0.4) is 0 Å². The first-order valence-electron chi connectivity index (χ1n) is 32.9. The summed E-state index contributed by atoms with van der Waals surface area (Å²) in [6.07, 6.45) is 10.8. The molecule has 10 N–H and O–H groups in total. The molecule has 0 spiro atoms. The van der Waals surface area contributed by atoms with Gasteiger partial charge < -0.3 is 57.9 Å². The summed E-state index contributed by atoms with van der Waals surface area (Å²) in [6, 6.07) is 20.0. The fourth-order valence-electron chi connectivity index (χ4n) is 10.8. The van der Waals surface area contributed by atoms with Gasteiger partial charge in [0.25, 0.3) is 40.3 Å². The van der Waals surface area contributed by atoms with Crippen molar-refractivity contribution in [3.05, 3.63) is 200 Å². The summed E-state index contributed by atoms with van der Waals surface area (Å²) in [4.78, 5) is 125. The van der Waals surface area contributed by atoms with E-state index in [1.54, 1.807) is 153 Å². The molecule has 4 amide bonds. The summed E-state index contributed by atoms with van der Waals surface area (Å²) < 4.78 is 48.1. The van der Waals surface area contributed by atoms with Crippen molar-refractivity contribution in [1.29, 1.82) is 0 Å². The molecule has 3 fully saturated rings. The van der Waals surface area contributed by atoms with E-state index in [1.165, 1.54) is 69.3 Å². The van der Waals surface area contributed by atoms with Crippen LogP contribution in [0, 0.1) is 6.92 Å². The molecule has 35 nitrogen and oxygen atoms in total. The number of aliphatic hydroxyl groups is 1. The van der Waals surface area contributed by atoms with Gasteiger partial charge in [0.05, 0.1) is 54.8 Å². The predicted octanol–water partition coefficient (Wildman–Crippen LogP) is 4.73. The third-order valence-electron chi connectivity index (χ3n) is 16.8. The first kappa shape index (κ1) is 70.9. The second-order valence-electron chi connectivity index (χ2n) is 25.2. The standard InChI is InChI=1S/C24H25FN8O3.C23H23FN10O3.C21H20FN9O2/c1-24(2,36)17-7-4-8-19(30-17)32-9-5-6-15(23(32)35)28-18-11-20(26-3)33-21(31-18)13(12-27-33)22(34)29-16-10-14(16)25;1-25-18-8-17(31-20-12(9-28-34(18)20)21(35)30-15-7-13(15)24)29-14-5-4-6-33(23(14)37)19-11-26-16(10-27-19)22(36)32(2)3;1-11-24-6-5-17(26-11)30-7-3-4-14(21(30)33)27-16-9-18(23-2)31-19(29-16)12(10-25-31)20(32)28-15-8-13(15)22/h4-9,11-12,14,16,26,36H,10H2,1-3H3,(H,28,31)(H,29,34);4-6,8-11,13,15,25H,7H2,1-3H3,(H,29,31)(H,30,35);3-7,9-10,13,15,23H,8H2,1-2H3,(H,27,29)(H,28,32)/t14-,16+;2*13-,15+/m111/s1. The fourth-order valence-corrected chi connectivity index (χ4v) is 10.8. The fraction of sp³-hybridized carbons (Fsp3) is 0.265. The number of hydrogen-bond acceptors (Lipinski definition) is 25. The van der Waals surface area contributed by atoms with E-state index in [0.717, 1.165) is 0 Å². The number of pyridine rings is 4. The summed E-state index contributed by atoms with van der Waals surface area (Å²) in [7, 11) is 8.28. The molecule has 38 heteroatoms. The first-order chi connectivity index (χ1) is 50.9. The van der Waals surface area contributed by atoms with Crippen LogP contribution in [-0.4, -0.2) is 188 Å². The molecule has 0 aromatic carbocycles. The van der Waals surface area contributed by atoms with Crippen molar-refractivity contribution in [3.8, 4) is 17.5 Å². The number of carbonyl (C=O) groups is 4. The molecule has 0 unspecified atom stereocenters. The molecule has 3 aliphatic carbocycles. The Hall–Kier alpha value is -13.6. The molecule has 12 heterocycles. The van der Waals surface area contributed by atoms with Gasteiger partial charge in [0.1, 0.15) is 116 Å². The number of amides is 4. The smallest absolute Gasteiger partial charge is 0.280 e. The molecule has 106 heavy (non-hydrogen) atoms. The Balaban J connectivity index is 0.000000141. The quantitative estimate of drug-likeness (QED) is 0.0493. The van der Waals surface area contributed by atoms with Gasteiger partial charge in [-0.3, -0.25) is 47.3 Å². The van der Waals surface area contributed by atoms with Crippen LogP contribution in [0.1, 0.15) is 86.2 Å². The minimum atomic E-state index is -1.17. The number of anilines is 9. The van der Waals surface area contributed by atoms with E-state index in [4.69, 9.17) is 0 Å². The number of aromatic nitrogens is 17. The topological polar surface area (TPSA) is 421 Å². The monoisotopic (exact) mass is 1450 g/mol. The first-order valence-corrected chi connectivity index (χ1v) is 32.9. The number of alkyl halides is 3. The van der Waals surface area contributed by atoms with Crippen LogP contribution in [0.15, 0.2) is 149 Å². The van der Waals surface area contributed by atoms with E-state index in [9.17, 15) is 51.8 Å². The van der Waals surface area contributed by atoms with Crippen LogP contribution >= 0.6 is 0 Å². The van der Waals surface area contributed by atoms with Crippen molar-refractivity contribution < 1.29 is 37.5 Å². The van der Waals surface area contributed by atoms with E-state index < -0.39 is 65.5 Å². The molecule has 0 saturated heterocycles. The van der Waals surface area contributed by atoms with Crippen LogP contribution in [0.2, 0.25) is 0 Å². The summed E-state index contributed by atoms with van der Waals surface area (Å²) in [6.45, 7) is 4.98. The zero-order valence-corrected chi connectivity index (χ0v) is 57.8. The van der Waals surface area contributed by atoms with Crippen molar-refractivity contribution in [2.24, 2.45) is 0 Å².